The second kappa shape index (κ2) is 7.13. The SMILES string of the molecule is COc1ccc(C=Cc2nccc3cc(OC)c(OC)cc23)cc1O. The number of phenolic OH excluding ortho intramolecular Hbond substituents is 1. The maximum absolute atomic E-state index is 9.88. The maximum atomic E-state index is 9.88. The van der Waals surface area contributed by atoms with E-state index in [1.165, 1.54) is 7.11 Å². The molecule has 0 amide bonds. The number of benzene rings is 2. The maximum Gasteiger partial charge on any atom is 0.161 e. The molecule has 3 rings (SSSR count). The average molecular weight is 337 g/mol. The van der Waals surface area contributed by atoms with Gasteiger partial charge in [0.25, 0.3) is 0 Å². The van der Waals surface area contributed by atoms with Crippen molar-refractivity contribution in [1.29, 1.82) is 0 Å². The Hall–Kier alpha value is -3.21. The number of aromatic nitrogens is 1. The lowest BCUT2D eigenvalue weighted by Crippen LogP contribution is -1.92. The summed E-state index contributed by atoms with van der Waals surface area (Å²) in [6.07, 6.45) is 5.53. The molecule has 0 spiro atoms. The summed E-state index contributed by atoms with van der Waals surface area (Å²) in [5.41, 5.74) is 1.64. The van der Waals surface area contributed by atoms with Gasteiger partial charge in [-0.25, -0.2) is 0 Å². The molecule has 0 bridgehead atoms. The van der Waals surface area contributed by atoms with Gasteiger partial charge in [0.2, 0.25) is 0 Å². The Morgan fingerprint density at radius 3 is 2.24 bits per heavy atom. The Morgan fingerprint density at radius 2 is 1.56 bits per heavy atom. The lowest BCUT2D eigenvalue weighted by atomic mass is 10.1. The second-order valence-electron chi connectivity index (χ2n) is 5.39. The average Bonchev–Trinajstić information content (AvgIpc) is 2.65. The standard InChI is InChI=1S/C20H19NO4/c1-23-18-7-5-13(10-17(18)22)4-6-16-15-12-20(25-3)19(24-2)11-14(15)8-9-21-16/h4-12,22H,1-3H3. The van der Waals surface area contributed by atoms with Gasteiger partial charge in [-0.2, -0.15) is 0 Å². The van der Waals surface area contributed by atoms with Crippen LogP contribution in [0.4, 0.5) is 0 Å². The van der Waals surface area contributed by atoms with E-state index >= 15 is 0 Å². The highest BCUT2D eigenvalue weighted by atomic mass is 16.5. The van der Waals surface area contributed by atoms with E-state index in [2.05, 4.69) is 4.98 Å². The van der Waals surface area contributed by atoms with Gasteiger partial charge in [0.15, 0.2) is 23.0 Å². The van der Waals surface area contributed by atoms with Gasteiger partial charge >= 0.3 is 0 Å². The zero-order valence-corrected chi connectivity index (χ0v) is 14.3. The first kappa shape index (κ1) is 16.6. The highest BCUT2D eigenvalue weighted by Crippen LogP contribution is 2.33. The van der Waals surface area contributed by atoms with Crippen molar-refractivity contribution in [3.63, 3.8) is 0 Å². The molecule has 1 N–H and O–H groups in total. The fourth-order valence-electron chi connectivity index (χ4n) is 2.64. The molecular weight excluding hydrogens is 318 g/mol. The van der Waals surface area contributed by atoms with Crippen LogP contribution in [0.1, 0.15) is 11.3 Å². The number of methoxy groups -OCH3 is 3. The van der Waals surface area contributed by atoms with Gasteiger partial charge in [-0.3, -0.25) is 4.98 Å². The molecule has 0 aliphatic heterocycles. The number of hydrogen-bond donors (Lipinski definition) is 1. The molecule has 0 unspecified atom stereocenters. The Labute approximate surface area is 146 Å². The molecule has 25 heavy (non-hydrogen) atoms. The van der Waals surface area contributed by atoms with Gasteiger partial charge in [-0.15, -0.1) is 0 Å². The van der Waals surface area contributed by atoms with Crippen LogP contribution in [0.3, 0.4) is 0 Å². The molecule has 5 nitrogen and oxygen atoms in total. The highest BCUT2D eigenvalue weighted by molar-refractivity contribution is 5.93. The Kier molecular flexibility index (Phi) is 4.75. The molecule has 2 aromatic carbocycles. The smallest absolute Gasteiger partial charge is 0.161 e. The van der Waals surface area contributed by atoms with E-state index in [9.17, 15) is 5.11 Å². The first-order chi connectivity index (χ1) is 12.2. The molecule has 0 fully saturated rings. The first-order valence-corrected chi connectivity index (χ1v) is 7.72. The summed E-state index contributed by atoms with van der Waals surface area (Å²) in [6.45, 7) is 0. The van der Waals surface area contributed by atoms with Gasteiger partial charge in [0.1, 0.15) is 0 Å². The Balaban J connectivity index is 2.02. The van der Waals surface area contributed by atoms with Crippen molar-refractivity contribution < 1.29 is 19.3 Å². The number of hydrogen-bond acceptors (Lipinski definition) is 5. The van der Waals surface area contributed by atoms with E-state index < -0.39 is 0 Å². The number of ether oxygens (including phenoxy) is 3. The number of aromatic hydroxyl groups is 1. The fraction of sp³-hybridized carbons (Fsp3) is 0.150. The lowest BCUT2D eigenvalue weighted by Gasteiger charge is -2.10. The van der Waals surface area contributed by atoms with E-state index in [0.29, 0.717) is 17.2 Å². The van der Waals surface area contributed by atoms with Crippen molar-refractivity contribution >= 4 is 22.9 Å². The predicted molar refractivity (Wildman–Crippen MR) is 98.4 cm³/mol. The predicted octanol–water partition coefficient (Wildman–Crippen LogP) is 4.14. The van der Waals surface area contributed by atoms with E-state index in [-0.39, 0.29) is 5.75 Å². The van der Waals surface area contributed by atoms with Crippen LogP contribution in [0.15, 0.2) is 42.6 Å². The molecular formula is C20H19NO4. The van der Waals surface area contributed by atoms with Crippen molar-refractivity contribution in [2.24, 2.45) is 0 Å². The molecule has 5 heteroatoms. The van der Waals surface area contributed by atoms with E-state index in [1.54, 1.807) is 32.5 Å². The van der Waals surface area contributed by atoms with Gasteiger partial charge in [0, 0.05) is 11.6 Å². The summed E-state index contributed by atoms with van der Waals surface area (Å²) in [6, 6.07) is 11.0. The molecule has 0 radical (unpaired) electrons. The quantitative estimate of drug-likeness (QED) is 0.758. The van der Waals surface area contributed by atoms with Crippen molar-refractivity contribution in [3.8, 4) is 23.0 Å². The zero-order valence-electron chi connectivity index (χ0n) is 14.3. The molecule has 0 aliphatic rings. The van der Waals surface area contributed by atoms with Gasteiger partial charge in [-0.05, 0) is 47.4 Å². The number of fused-ring (bicyclic) bond motifs is 1. The van der Waals surface area contributed by atoms with E-state index in [0.717, 1.165) is 22.0 Å². The summed E-state index contributed by atoms with van der Waals surface area (Å²) in [5.74, 6) is 1.87. The summed E-state index contributed by atoms with van der Waals surface area (Å²) in [7, 11) is 4.74. The van der Waals surface area contributed by atoms with Crippen LogP contribution in [-0.2, 0) is 0 Å². The summed E-state index contributed by atoms with van der Waals surface area (Å²) in [4.78, 5) is 4.44. The van der Waals surface area contributed by atoms with Crippen LogP contribution in [-0.4, -0.2) is 31.4 Å². The lowest BCUT2D eigenvalue weighted by molar-refractivity contribution is 0.356. The van der Waals surface area contributed by atoms with Gasteiger partial charge in [-0.1, -0.05) is 12.1 Å². The first-order valence-electron chi connectivity index (χ1n) is 7.72. The molecule has 3 aromatic rings. The number of nitrogens with zero attached hydrogens (tertiary/aromatic N) is 1. The summed E-state index contributed by atoms with van der Waals surface area (Å²) in [5, 5.41) is 11.8. The van der Waals surface area contributed by atoms with Crippen LogP contribution in [0.5, 0.6) is 23.0 Å². The monoisotopic (exact) mass is 337 g/mol. The minimum Gasteiger partial charge on any atom is -0.504 e. The van der Waals surface area contributed by atoms with Crippen LogP contribution in [0.25, 0.3) is 22.9 Å². The van der Waals surface area contributed by atoms with Gasteiger partial charge < -0.3 is 19.3 Å². The minimum absolute atomic E-state index is 0.0990. The second-order valence-corrected chi connectivity index (χ2v) is 5.39. The van der Waals surface area contributed by atoms with Crippen LogP contribution in [0, 0.1) is 0 Å². The molecule has 0 aliphatic carbocycles. The summed E-state index contributed by atoms with van der Waals surface area (Å²) < 4.78 is 15.8. The molecule has 1 aromatic heterocycles. The van der Waals surface area contributed by atoms with Crippen molar-refractivity contribution in [2.75, 3.05) is 21.3 Å². The number of phenols is 1. The summed E-state index contributed by atoms with van der Waals surface area (Å²) >= 11 is 0. The largest absolute Gasteiger partial charge is 0.504 e. The Bertz CT molecular complexity index is 934. The third kappa shape index (κ3) is 3.35. The third-order valence-corrected chi connectivity index (χ3v) is 3.94. The minimum atomic E-state index is 0.0990. The fourth-order valence-corrected chi connectivity index (χ4v) is 2.64. The van der Waals surface area contributed by atoms with Crippen molar-refractivity contribution in [1.82, 2.24) is 4.98 Å². The zero-order chi connectivity index (χ0) is 17.8. The van der Waals surface area contributed by atoms with Gasteiger partial charge in [0.05, 0.1) is 27.0 Å². The molecule has 128 valence electrons. The molecule has 0 saturated heterocycles. The van der Waals surface area contributed by atoms with Crippen molar-refractivity contribution in [2.45, 2.75) is 0 Å². The van der Waals surface area contributed by atoms with Crippen LogP contribution < -0.4 is 14.2 Å². The van der Waals surface area contributed by atoms with E-state index in [1.807, 2.05) is 36.4 Å². The molecule has 0 saturated carbocycles. The van der Waals surface area contributed by atoms with Crippen molar-refractivity contribution in [3.05, 3.63) is 53.9 Å². The van der Waals surface area contributed by atoms with Crippen LogP contribution >= 0.6 is 0 Å². The van der Waals surface area contributed by atoms with Crippen LogP contribution in [0.2, 0.25) is 0 Å². The Morgan fingerprint density at radius 1 is 0.840 bits per heavy atom. The highest BCUT2D eigenvalue weighted by Gasteiger charge is 2.08. The van der Waals surface area contributed by atoms with E-state index in [4.69, 9.17) is 14.2 Å². The number of pyridine rings is 1. The third-order valence-electron chi connectivity index (χ3n) is 3.94. The molecule has 1 heterocycles. The number of rotatable bonds is 5. The molecule has 0 atom stereocenters. The normalized spacial score (nSPS) is 11.0. The topological polar surface area (TPSA) is 60.8 Å².